The van der Waals surface area contributed by atoms with Gasteiger partial charge >= 0.3 is 0 Å². The molecule has 2 aromatic carbocycles. The number of aromatic nitrogens is 2. The maximum absolute atomic E-state index is 5.99. The van der Waals surface area contributed by atoms with E-state index in [1.54, 1.807) is 0 Å². The molecule has 0 amide bonds. The highest BCUT2D eigenvalue weighted by Gasteiger charge is 2.08. The number of nitrogens with two attached hydrogens (primary N) is 1. The van der Waals surface area contributed by atoms with Gasteiger partial charge in [-0.25, -0.2) is 4.98 Å². The number of anilines is 1. The SMILES string of the molecule is Cl.Nc1ncc(Cc2ccccc2)n1Cc1ccccc1. The summed E-state index contributed by atoms with van der Waals surface area (Å²) in [5, 5.41) is 0. The molecule has 1 aromatic heterocycles. The van der Waals surface area contributed by atoms with E-state index in [4.69, 9.17) is 5.73 Å². The molecule has 0 aliphatic heterocycles. The number of imidazole rings is 1. The Bertz CT molecular complexity index is 678. The van der Waals surface area contributed by atoms with Crippen molar-refractivity contribution < 1.29 is 0 Å². The van der Waals surface area contributed by atoms with E-state index >= 15 is 0 Å². The van der Waals surface area contributed by atoms with Crippen LogP contribution in [0.5, 0.6) is 0 Å². The Morgan fingerprint density at radius 2 is 1.43 bits per heavy atom. The van der Waals surface area contributed by atoms with E-state index < -0.39 is 0 Å². The third kappa shape index (κ3) is 3.64. The number of nitrogen functional groups attached to an aromatic ring is 1. The normalized spacial score (nSPS) is 10.1. The first-order valence-electron chi connectivity index (χ1n) is 6.70. The van der Waals surface area contributed by atoms with Crippen LogP contribution in [-0.2, 0) is 13.0 Å². The molecule has 3 nitrogen and oxygen atoms in total. The summed E-state index contributed by atoms with van der Waals surface area (Å²) < 4.78 is 2.07. The average molecular weight is 300 g/mol. The van der Waals surface area contributed by atoms with Crippen LogP contribution in [0, 0.1) is 0 Å². The van der Waals surface area contributed by atoms with Gasteiger partial charge in [0.05, 0.1) is 12.7 Å². The summed E-state index contributed by atoms with van der Waals surface area (Å²) in [6.07, 6.45) is 2.71. The Labute approximate surface area is 130 Å². The molecule has 0 spiro atoms. The topological polar surface area (TPSA) is 43.8 Å². The summed E-state index contributed by atoms with van der Waals surface area (Å²) in [4.78, 5) is 4.25. The van der Waals surface area contributed by atoms with Crippen LogP contribution in [-0.4, -0.2) is 9.55 Å². The zero-order valence-corrected chi connectivity index (χ0v) is 12.5. The van der Waals surface area contributed by atoms with Crippen LogP contribution >= 0.6 is 12.4 Å². The van der Waals surface area contributed by atoms with Crippen molar-refractivity contribution in [2.45, 2.75) is 13.0 Å². The molecule has 21 heavy (non-hydrogen) atoms. The highest BCUT2D eigenvalue weighted by atomic mass is 35.5. The van der Waals surface area contributed by atoms with Gasteiger partial charge in [0.15, 0.2) is 0 Å². The van der Waals surface area contributed by atoms with Crippen molar-refractivity contribution in [3.05, 3.63) is 83.7 Å². The van der Waals surface area contributed by atoms with Gasteiger partial charge in [-0.15, -0.1) is 12.4 Å². The van der Waals surface area contributed by atoms with Crippen LogP contribution in [0.2, 0.25) is 0 Å². The largest absolute Gasteiger partial charge is 0.369 e. The van der Waals surface area contributed by atoms with Crippen LogP contribution in [0.1, 0.15) is 16.8 Å². The van der Waals surface area contributed by atoms with Crippen molar-refractivity contribution in [1.29, 1.82) is 0 Å². The van der Waals surface area contributed by atoms with Gasteiger partial charge in [0.1, 0.15) is 0 Å². The molecule has 0 radical (unpaired) electrons. The quantitative estimate of drug-likeness (QED) is 0.801. The van der Waals surface area contributed by atoms with E-state index in [-0.39, 0.29) is 12.4 Å². The summed E-state index contributed by atoms with van der Waals surface area (Å²) in [5.41, 5.74) is 9.63. The summed E-state index contributed by atoms with van der Waals surface area (Å²) in [6, 6.07) is 20.7. The molecule has 1 heterocycles. The fraction of sp³-hybridized carbons (Fsp3) is 0.118. The average Bonchev–Trinajstić information content (AvgIpc) is 2.83. The minimum atomic E-state index is 0. The van der Waals surface area contributed by atoms with Gasteiger partial charge in [-0.05, 0) is 11.1 Å². The van der Waals surface area contributed by atoms with Gasteiger partial charge in [0, 0.05) is 12.1 Å². The van der Waals surface area contributed by atoms with Crippen LogP contribution < -0.4 is 5.73 Å². The molecule has 0 aliphatic rings. The summed E-state index contributed by atoms with van der Waals surface area (Å²) in [7, 11) is 0. The molecule has 4 heteroatoms. The number of rotatable bonds is 4. The third-order valence-electron chi connectivity index (χ3n) is 3.38. The molecule has 0 fully saturated rings. The van der Waals surface area contributed by atoms with Crippen molar-refractivity contribution in [2.75, 3.05) is 5.73 Å². The number of halogens is 1. The van der Waals surface area contributed by atoms with Gasteiger partial charge in [0.2, 0.25) is 5.95 Å². The predicted octanol–water partition coefficient (Wildman–Crippen LogP) is 3.53. The van der Waals surface area contributed by atoms with E-state index in [0.717, 1.165) is 18.7 Å². The third-order valence-corrected chi connectivity index (χ3v) is 3.38. The lowest BCUT2D eigenvalue weighted by atomic mass is 10.1. The molecule has 0 bridgehead atoms. The second-order valence-electron chi connectivity index (χ2n) is 4.84. The maximum atomic E-state index is 5.99. The smallest absolute Gasteiger partial charge is 0.200 e. The van der Waals surface area contributed by atoms with Gasteiger partial charge in [-0.2, -0.15) is 0 Å². The summed E-state index contributed by atoms with van der Waals surface area (Å²) >= 11 is 0. The molecule has 0 saturated carbocycles. The number of benzene rings is 2. The first-order valence-corrected chi connectivity index (χ1v) is 6.70. The van der Waals surface area contributed by atoms with E-state index in [1.165, 1.54) is 11.1 Å². The van der Waals surface area contributed by atoms with Crippen molar-refractivity contribution in [2.24, 2.45) is 0 Å². The number of nitrogens with zero attached hydrogens (tertiary/aromatic N) is 2. The van der Waals surface area contributed by atoms with Gasteiger partial charge in [-0.1, -0.05) is 60.7 Å². The molecule has 108 valence electrons. The molecule has 0 saturated heterocycles. The Morgan fingerprint density at radius 3 is 2.05 bits per heavy atom. The predicted molar refractivity (Wildman–Crippen MR) is 88.7 cm³/mol. The molecule has 0 aliphatic carbocycles. The van der Waals surface area contributed by atoms with E-state index in [2.05, 4.69) is 45.9 Å². The number of hydrogen-bond donors (Lipinski definition) is 1. The van der Waals surface area contributed by atoms with Crippen LogP contribution in [0.4, 0.5) is 5.95 Å². The lowest BCUT2D eigenvalue weighted by Gasteiger charge is -2.10. The maximum Gasteiger partial charge on any atom is 0.200 e. The zero-order valence-electron chi connectivity index (χ0n) is 11.6. The standard InChI is InChI=1S/C17H17N3.ClH/c18-17-19-12-16(11-14-7-3-1-4-8-14)20(17)13-15-9-5-2-6-10-15;/h1-10,12H,11,13H2,(H2,18,19);1H. The summed E-state index contributed by atoms with van der Waals surface area (Å²) in [5.74, 6) is 0.569. The summed E-state index contributed by atoms with van der Waals surface area (Å²) in [6.45, 7) is 0.759. The zero-order chi connectivity index (χ0) is 13.8. The molecular formula is C17H18ClN3. The van der Waals surface area contributed by atoms with Gasteiger partial charge in [-0.3, -0.25) is 0 Å². The second-order valence-corrected chi connectivity index (χ2v) is 4.84. The van der Waals surface area contributed by atoms with Crippen molar-refractivity contribution in [3.8, 4) is 0 Å². The Kier molecular flexibility index (Phi) is 5.01. The fourth-order valence-electron chi connectivity index (χ4n) is 2.32. The van der Waals surface area contributed by atoms with E-state index in [0.29, 0.717) is 5.95 Å². The van der Waals surface area contributed by atoms with Crippen LogP contribution in [0.3, 0.4) is 0 Å². The molecule has 3 aromatic rings. The van der Waals surface area contributed by atoms with Gasteiger partial charge in [0.25, 0.3) is 0 Å². The lowest BCUT2D eigenvalue weighted by molar-refractivity contribution is 0.765. The Hall–Kier alpha value is -2.26. The van der Waals surface area contributed by atoms with Crippen molar-refractivity contribution >= 4 is 18.4 Å². The monoisotopic (exact) mass is 299 g/mol. The Morgan fingerprint density at radius 1 is 0.857 bits per heavy atom. The number of hydrogen-bond acceptors (Lipinski definition) is 2. The molecular weight excluding hydrogens is 282 g/mol. The van der Waals surface area contributed by atoms with E-state index in [9.17, 15) is 0 Å². The molecule has 0 atom stereocenters. The minimum Gasteiger partial charge on any atom is -0.369 e. The highest BCUT2D eigenvalue weighted by Crippen LogP contribution is 2.15. The van der Waals surface area contributed by atoms with Crippen molar-refractivity contribution in [3.63, 3.8) is 0 Å². The Balaban J connectivity index is 0.00000161. The first kappa shape index (κ1) is 15.1. The highest BCUT2D eigenvalue weighted by molar-refractivity contribution is 5.85. The first-order chi connectivity index (χ1) is 9.83. The molecule has 0 unspecified atom stereocenters. The molecule has 3 rings (SSSR count). The van der Waals surface area contributed by atoms with E-state index in [1.807, 2.05) is 30.5 Å². The van der Waals surface area contributed by atoms with Crippen LogP contribution in [0.15, 0.2) is 66.9 Å². The molecule has 2 N–H and O–H groups in total. The van der Waals surface area contributed by atoms with Crippen LogP contribution in [0.25, 0.3) is 0 Å². The second kappa shape index (κ2) is 6.95. The lowest BCUT2D eigenvalue weighted by Crippen LogP contribution is -2.08. The minimum absolute atomic E-state index is 0. The van der Waals surface area contributed by atoms with Gasteiger partial charge < -0.3 is 10.3 Å². The fourth-order valence-corrected chi connectivity index (χ4v) is 2.32. The van der Waals surface area contributed by atoms with Crippen molar-refractivity contribution in [1.82, 2.24) is 9.55 Å².